The van der Waals surface area contributed by atoms with Crippen molar-refractivity contribution in [2.24, 2.45) is 0 Å². The Morgan fingerprint density at radius 1 is 1.20 bits per heavy atom. The van der Waals surface area contributed by atoms with Crippen molar-refractivity contribution in [3.05, 3.63) is 0 Å². The average Bonchev–Trinajstić information content (AvgIpc) is 2.37. The molecule has 8 nitrogen and oxygen atoms in total. The van der Waals surface area contributed by atoms with Crippen LogP contribution in [0.5, 0.6) is 0 Å². The molecule has 0 amide bonds. The maximum atomic E-state index is 11.1. The number of rotatable bonds is 5. The van der Waals surface area contributed by atoms with Crippen LogP contribution < -0.4 is 16.0 Å². The number of nitrogen functional groups attached to an aromatic ring is 1. The summed E-state index contributed by atoms with van der Waals surface area (Å²) in [6.45, 7) is 2.07. The Kier molecular flexibility index (Phi) is 4.58. The molecule has 0 radical (unpaired) electrons. The molecule has 2 heterocycles. The minimum atomic E-state index is -3.01. The summed E-state index contributed by atoms with van der Waals surface area (Å²) in [7, 11) is -3.01. The van der Waals surface area contributed by atoms with Crippen molar-refractivity contribution in [2.45, 2.75) is 19.3 Å². The number of anilines is 3. The number of nitrogens with two attached hydrogens (primary N) is 1. The van der Waals surface area contributed by atoms with E-state index in [1.54, 1.807) is 0 Å². The molecule has 0 bridgehead atoms. The van der Waals surface area contributed by atoms with E-state index < -0.39 is 9.84 Å². The average molecular weight is 300 g/mol. The van der Waals surface area contributed by atoms with Crippen molar-refractivity contribution in [1.29, 1.82) is 0 Å². The molecule has 0 aliphatic carbocycles. The van der Waals surface area contributed by atoms with E-state index in [9.17, 15) is 8.42 Å². The van der Waals surface area contributed by atoms with Gasteiger partial charge in [0.15, 0.2) is 0 Å². The van der Waals surface area contributed by atoms with Gasteiger partial charge in [0.2, 0.25) is 17.8 Å². The molecular formula is C11H20N6O2S. The third-order valence-corrected chi connectivity index (χ3v) is 3.98. The lowest BCUT2D eigenvalue weighted by atomic mass is 10.1. The number of nitrogens with zero attached hydrogens (tertiary/aromatic N) is 4. The normalized spacial score (nSPS) is 16.1. The monoisotopic (exact) mass is 300 g/mol. The molecule has 1 aromatic heterocycles. The zero-order chi connectivity index (χ0) is 14.6. The van der Waals surface area contributed by atoms with E-state index in [-0.39, 0.29) is 18.2 Å². The van der Waals surface area contributed by atoms with E-state index in [1.807, 2.05) is 0 Å². The number of hydrogen-bond donors (Lipinski definition) is 2. The van der Waals surface area contributed by atoms with Crippen molar-refractivity contribution < 1.29 is 8.42 Å². The number of piperidine rings is 1. The highest BCUT2D eigenvalue weighted by molar-refractivity contribution is 7.90. The van der Waals surface area contributed by atoms with Gasteiger partial charge in [0.05, 0.1) is 5.75 Å². The van der Waals surface area contributed by atoms with Gasteiger partial charge in [0, 0.05) is 25.9 Å². The van der Waals surface area contributed by atoms with Crippen LogP contribution in [0.4, 0.5) is 17.8 Å². The third kappa shape index (κ3) is 4.48. The molecule has 9 heteroatoms. The summed E-state index contributed by atoms with van der Waals surface area (Å²) in [5.41, 5.74) is 5.68. The van der Waals surface area contributed by atoms with E-state index in [1.165, 1.54) is 12.7 Å². The van der Waals surface area contributed by atoms with Gasteiger partial charge in [-0.25, -0.2) is 8.42 Å². The van der Waals surface area contributed by atoms with Crippen LogP contribution >= 0.6 is 0 Å². The van der Waals surface area contributed by atoms with Crippen molar-refractivity contribution in [2.75, 3.05) is 47.6 Å². The Morgan fingerprint density at radius 3 is 2.55 bits per heavy atom. The maximum absolute atomic E-state index is 11.1. The molecular weight excluding hydrogens is 280 g/mol. The fraction of sp³-hybridized carbons (Fsp3) is 0.727. The van der Waals surface area contributed by atoms with Crippen LogP contribution in [0.3, 0.4) is 0 Å². The fourth-order valence-corrected chi connectivity index (χ4v) is 2.52. The molecule has 1 aliphatic rings. The van der Waals surface area contributed by atoms with E-state index in [4.69, 9.17) is 5.73 Å². The smallest absolute Gasteiger partial charge is 0.231 e. The topological polar surface area (TPSA) is 114 Å². The van der Waals surface area contributed by atoms with Gasteiger partial charge in [0.1, 0.15) is 9.84 Å². The molecule has 1 aromatic rings. The summed E-state index contributed by atoms with van der Waals surface area (Å²) >= 11 is 0. The minimum absolute atomic E-state index is 0.0254. The predicted octanol–water partition coefficient (Wildman–Crippen LogP) is -0.0994. The van der Waals surface area contributed by atoms with Gasteiger partial charge in [-0.2, -0.15) is 15.0 Å². The van der Waals surface area contributed by atoms with Gasteiger partial charge in [-0.3, -0.25) is 0 Å². The summed E-state index contributed by atoms with van der Waals surface area (Å²) in [5, 5.41) is 2.87. The van der Waals surface area contributed by atoms with Crippen LogP contribution in [0.25, 0.3) is 0 Å². The van der Waals surface area contributed by atoms with Crippen molar-refractivity contribution in [3.63, 3.8) is 0 Å². The van der Waals surface area contributed by atoms with E-state index in [0.29, 0.717) is 11.9 Å². The van der Waals surface area contributed by atoms with Crippen LogP contribution in [0.2, 0.25) is 0 Å². The number of sulfone groups is 1. The summed E-state index contributed by atoms with van der Waals surface area (Å²) in [6, 6.07) is 0. The summed E-state index contributed by atoms with van der Waals surface area (Å²) < 4.78 is 22.2. The van der Waals surface area contributed by atoms with Crippen LogP contribution in [-0.2, 0) is 9.84 Å². The Morgan fingerprint density at radius 2 is 1.90 bits per heavy atom. The molecule has 112 valence electrons. The Balaban J connectivity index is 2.04. The van der Waals surface area contributed by atoms with Gasteiger partial charge in [-0.15, -0.1) is 0 Å². The lowest BCUT2D eigenvalue weighted by Gasteiger charge is -2.26. The van der Waals surface area contributed by atoms with Gasteiger partial charge >= 0.3 is 0 Å². The van der Waals surface area contributed by atoms with E-state index in [0.717, 1.165) is 25.9 Å². The highest BCUT2D eigenvalue weighted by Crippen LogP contribution is 2.17. The Labute approximate surface area is 118 Å². The number of hydrogen-bond acceptors (Lipinski definition) is 8. The molecule has 1 aliphatic heterocycles. The number of aromatic nitrogens is 3. The van der Waals surface area contributed by atoms with Crippen LogP contribution in [-0.4, -0.2) is 55.0 Å². The summed E-state index contributed by atoms with van der Waals surface area (Å²) in [5.74, 6) is 1.04. The van der Waals surface area contributed by atoms with Crippen LogP contribution in [0.15, 0.2) is 0 Å². The van der Waals surface area contributed by atoms with Crippen molar-refractivity contribution >= 4 is 27.7 Å². The maximum Gasteiger partial charge on any atom is 0.231 e. The second-order valence-electron chi connectivity index (χ2n) is 4.92. The first-order valence-corrected chi connectivity index (χ1v) is 8.68. The van der Waals surface area contributed by atoms with Crippen molar-refractivity contribution in [1.82, 2.24) is 15.0 Å². The Hall–Kier alpha value is -1.64. The molecule has 2 rings (SSSR count). The molecule has 1 fully saturated rings. The first-order chi connectivity index (χ1) is 9.44. The first-order valence-electron chi connectivity index (χ1n) is 6.62. The minimum Gasteiger partial charge on any atom is -0.368 e. The lowest BCUT2D eigenvalue weighted by molar-refractivity contribution is 0.568. The molecule has 0 saturated carbocycles. The van der Waals surface area contributed by atoms with E-state index >= 15 is 0 Å². The first kappa shape index (κ1) is 14.8. The zero-order valence-corrected chi connectivity index (χ0v) is 12.4. The molecule has 0 spiro atoms. The molecule has 1 saturated heterocycles. The molecule has 20 heavy (non-hydrogen) atoms. The highest BCUT2D eigenvalue weighted by atomic mass is 32.2. The predicted molar refractivity (Wildman–Crippen MR) is 78.5 cm³/mol. The zero-order valence-electron chi connectivity index (χ0n) is 11.5. The largest absolute Gasteiger partial charge is 0.368 e. The van der Waals surface area contributed by atoms with E-state index in [2.05, 4.69) is 25.2 Å². The molecule has 0 unspecified atom stereocenters. The Bertz CT molecular complexity index is 556. The lowest BCUT2D eigenvalue weighted by Crippen LogP contribution is -2.31. The molecule has 0 aromatic carbocycles. The van der Waals surface area contributed by atoms with Gasteiger partial charge in [0.25, 0.3) is 0 Å². The summed E-state index contributed by atoms with van der Waals surface area (Å²) in [4.78, 5) is 14.5. The second-order valence-corrected chi connectivity index (χ2v) is 7.18. The van der Waals surface area contributed by atoms with Gasteiger partial charge in [-0.05, 0) is 19.3 Å². The second kappa shape index (κ2) is 6.21. The van der Waals surface area contributed by atoms with Gasteiger partial charge < -0.3 is 16.0 Å². The quantitative estimate of drug-likeness (QED) is 0.775. The molecule has 3 N–H and O–H groups in total. The SMILES string of the molecule is CS(=O)(=O)CCNc1nc(N)nc(N2CCCCC2)n1. The van der Waals surface area contributed by atoms with Crippen LogP contribution in [0.1, 0.15) is 19.3 Å². The van der Waals surface area contributed by atoms with Crippen LogP contribution in [0, 0.1) is 0 Å². The van der Waals surface area contributed by atoms with Gasteiger partial charge in [-0.1, -0.05) is 0 Å². The van der Waals surface area contributed by atoms with Crippen molar-refractivity contribution in [3.8, 4) is 0 Å². The highest BCUT2D eigenvalue weighted by Gasteiger charge is 2.15. The fourth-order valence-electron chi connectivity index (χ4n) is 2.04. The molecule has 0 atom stereocenters. The number of nitrogens with one attached hydrogen (secondary N) is 1. The third-order valence-electron chi connectivity index (χ3n) is 3.04. The standard InChI is InChI=1S/C11H20N6O2S/c1-20(18,19)8-5-13-10-14-9(12)15-11(16-10)17-6-3-2-4-7-17/h2-8H2,1H3,(H3,12,13,14,15,16). The summed E-state index contributed by atoms with van der Waals surface area (Å²) in [6.07, 6.45) is 4.64.